The van der Waals surface area contributed by atoms with Crippen LogP contribution in [0.3, 0.4) is 0 Å². The molecule has 5 aliphatic heterocycles. The molecule has 2 bridgehead atoms. The Morgan fingerprint density at radius 2 is 1.74 bits per heavy atom. The van der Waals surface area contributed by atoms with Crippen molar-refractivity contribution in [1.29, 1.82) is 0 Å². The molecule has 3 atom stereocenters. The van der Waals surface area contributed by atoms with Crippen molar-refractivity contribution in [3.05, 3.63) is 77.1 Å². The van der Waals surface area contributed by atoms with Gasteiger partial charge in [-0.2, -0.15) is 10.1 Å². The Kier molecular flexibility index (Phi) is 10.9. The first-order valence-electron chi connectivity index (χ1n) is 21.0. The Bertz CT molecular complexity index is 2390. The number of anilines is 4. The van der Waals surface area contributed by atoms with Gasteiger partial charge in [0, 0.05) is 93.4 Å². The van der Waals surface area contributed by atoms with Crippen LogP contribution in [-0.2, 0) is 16.6 Å². The minimum absolute atomic E-state index is 0.0261. The molecule has 5 aliphatic rings. The van der Waals surface area contributed by atoms with E-state index in [1.807, 2.05) is 24.9 Å². The van der Waals surface area contributed by atoms with Gasteiger partial charge in [0.2, 0.25) is 23.7 Å². The third-order valence-corrected chi connectivity index (χ3v) is 12.6. The summed E-state index contributed by atoms with van der Waals surface area (Å²) in [6, 6.07) is 12.1. The topological polar surface area (TPSA) is 161 Å². The summed E-state index contributed by atoms with van der Waals surface area (Å²) in [5.41, 5.74) is 5.32. The number of halogens is 2. The van der Waals surface area contributed by atoms with Gasteiger partial charge in [-0.15, -0.1) is 0 Å². The van der Waals surface area contributed by atoms with Crippen molar-refractivity contribution >= 4 is 46.4 Å². The maximum atomic E-state index is 15.2. The number of fused-ring (bicyclic) bond motifs is 7. The zero-order chi connectivity index (χ0) is 42.5. The number of hydrogen-bond acceptors (Lipinski definition) is 12. The predicted octanol–water partition coefficient (Wildman–Crippen LogP) is 4.45. The fraction of sp³-hybridized carbons (Fsp3) is 0.455. The van der Waals surface area contributed by atoms with E-state index in [1.54, 1.807) is 23.0 Å². The van der Waals surface area contributed by atoms with Crippen molar-refractivity contribution in [3.8, 4) is 17.1 Å². The summed E-state index contributed by atoms with van der Waals surface area (Å²) < 4.78 is 38.4. The molecule has 3 amide bonds. The van der Waals surface area contributed by atoms with Crippen molar-refractivity contribution in [1.82, 2.24) is 25.0 Å². The summed E-state index contributed by atoms with van der Waals surface area (Å²) in [5, 5.41) is 20.6. The van der Waals surface area contributed by atoms with Crippen LogP contribution in [0.1, 0.15) is 60.1 Å². The molecule has 2 aromatic carbocycles. The van der Waals surface area contributed by atoms with E-state index < -0.39 is 29.4 Å². The summed E-state index contributed by atoms with van der Waals surface area (Å²) in [6.07, 6.45) is 3.52. The number of rotatable bonds is 6. The zero-order valence-corrected chi connectivity index (χ0v) is 34.5. The number of piperazine rings is 1. The molecule has 7 heterocycles. The SMILES string of the molecule is Cc1cc2cc(n1)-c1cnn(C)c1OCCC[C@@H](C)CN1/C(=N/C2=O)Nc2ccc(N3CCN(CC4CN(c5cc(F)c([C@H]6CCC(=O)NC6=O)c(F)c5)C4)[C@H](CO)C3)cc21. The molecule has 15 nitrogen and oxygen atoms in total. The molecule has 4 aromatic rings. The highest BCUT2D eigenvalue weighted by Gasteiger charge is 2.37. The average Bonchev–Trinajstić information content (AvgIpc) is 3.75. The Labute approximate surface area is 352 Å². The summed E-state index contributed by atoms with van der Waals surface area (Å²) in [4.78, 5) is 55.7. The quantitative estimate of drug-likeness (QED) is 0.235. The van der Waals surface area contributed by atoms with Crippen LogP contribution in [-0.4, -0.2) is 114 Å². The molecule has 0 spiro atoms. The third-order valence-electron chi connectivity index (χ3n) is 12.6. The number of amides is 3. The molecular weight excluding hydrogens is 787 g/mol. The molecule has 2 aromatic heterocycles. The van der Waals surface area contributed by atoms with Crippen LogP contribution in [0.2, 0.25) is 0 Å². The lowest BCUT2D eigenvalue weighted by Crippen LogP contribution is -2.59. The Hall–Kier alpha value is -5.94. The molecule has 17 heteroatoms. The largest absolute Gasteiger partial charge is 0.477 e. The highest BCUT2D eigenvalue weighted by atomic mass is 19.1. The maximum absolute atomic E-state index is 15.2. The second-order valence-corrected chi connectivity index (χ2v) is 17.0. The molecule has 320 valence electrons. The number of benzene rings is 2. The number of aliphatic imine (C=N–C) groups is 1. The van der Waals surface area contributed by atoms with E-state index in [0.717, 1.165) is 55.1 Å². The van der Waals surface area contributed by atoms with E-state index in [-0.39, 0.29) is 48.8 Å². The van der Waals surface area contributed by atoms with Gasteiger partial charge in [0.15, 0.2) is 0 Å². The molecule has 0 aliphatic carbocycles. The number of carbonyl (C=O) groups is 3. The number of aryl methyl sites for hydroxylation is 2. The molecule has 3 saturated heterocycles. The normalized spacial score (nSPS) is 23.4. The number of aliphatic hydroxyl groups excluding tert-OH is 1. The van der Waals surface area contributed by atoms with E-state index in [0.29, 0.717) is 67.3 Å². The highest BCUT2D eigenvalue weighted by molar-refractivity contribution is 6.19. The molecule has 3 N–H and O–H groups in total. The number of aromatic nitrogens is 3. The van der Waals surface area contributed by atoms with Gasteiger partial charge in [-0.1, -0.05) is 6.92 Å². The maximum Gasteiger partial charge on any atom is 0.280 e. The van der Waals surface area contributed by atoms with E-state index in [2.05, 4.69) is 54.5 Å². The van der Waals surface area contributed by atoms with Crippen LogP contribution < -0.4 is 30.1 Å². The summed E-state index contributed by atoms with van der Waals surface area (Å²) in [5.74, 6) is -2.56. The van der Waals surface area contributed by atoms with Gasteiger partial charge in [0.1, 0.15) is 11.6 Å². The van der Waals surface area contributed by atoms with Gasteiger partial charge >= 0.3 is 0 Å². The smallest absolute Gasteiger partial charge is 0.280 e. The van der Waals surface area contributed by atoms with Gasteiger partial charge in [-0.05, 0) is 74.6 Å². The van der Waals surface area contributed by atoms with Crippen LogP contribution in [0.5, 0.6) is 5.88 Å². The summed E-state index contributed by atoms with van der Waals surface area (Å²) in [6.45, 7) is 9.14. The zero-order valence-electron chi connectivity index (χ0n) is 34.5. The number of pyridine rings is 1. The first-order valence-corrected chi connectivity index (χ1v) is 21.0. The molecule has 9 rings (SSSR count). The summed E-state index contributed by atoms with van der Waals surface area (Å²) in [7, 11) is 1.83. The number of carbonyl (C=O) groups excluding carboxylic acids is 3. The number of nitrogens with zero attached hydrogens (tertiary/aromatic N) is 8. The van der Waals surface area contributed by atoms with Gasteiger partial charge in [0.25, 0.3) is 5.91 Å². The number of guanidine groups is 1. The number of piperidine rings is 1. The first kappa shape index (κ1) is 40.5. The van der Waals surface area contributed by atoms with Crippen LogP contribution in [0, 0.1) is 30.4 Å². The van der Waals surface area contributed by atoms with Crippen molar-refractivity contribution < 1.29 is 33.0 Å². The Morgan fingerprint density at radius 1 is 0.934 bits per heavy atom. The van der Waals surface area contributed by atoms with Gasteiger partial charge < -0.3 is 29.9 Å². The standard InChI is InChI=1S/C44H50F2N10O5/c1-25-5-4-12-61-43-33(18-47-52(43)3)37-14-28(13-26(2)48-37)41(59)51-44-49-36-8-6-29(17-38(36)56(44)19-25)54-11-10-53(31(23-54)24-57)20-27-21-55(22-27)30-15-34(45)40(35(46)16-30)32-7-9-39(58)50-42(32)60/h6,8,13-18,25,27,31-32,57H,4-5,7,9-12,19-24H2,1-3H3,(H,49,51,59)(H,50,58,60)/t25-,31+,32-/m1/s1. The lowest BCUT2D eigenvalue weighted by Gasteiger charge is -2.47. The second-order valence-electron chi connectivity index (χ2n) is 17.0. The number of nitrogens with one attached hydrogen (secondary N) is 2. The lowest BCUT2D eigenvalue weighted by molar-refractivity contribution is -0.134. The number of aliphatic hydroxyl groups is 1. The predicted molar refractivity (Wildman–Crippen MR) is 226 cm³/mol. The highest BCUT2D eigenvalue weighted by Crippen LogP contribution is 2.39. The fourth-order valence-corrected chi connectivity index (χ4v) is 9.31. The molecule has 0 saturated carbocycles. The fourth-order valence-electron chi connectivity index (χ4n) is 9.31. The molecular formula is C44H50F2N10O5. The van der Waals surface area contributed by atoms with E-state index >= 15 is 8.78 Å². The third kappa shape index (κ3) is 8.03. The summed E-state index contributed by atoms with van der Waals surface area (Å²) >= 11 is 0. The number of imide groups is 1. The number of ether oxygens (including phenoxy) is 1. The van der Waals surface area contributed by atoms with Crippen molar-refractivity contribution in [2.24, 2.45) is 23.9 Å². The second kappa shape index (κ2) is 16.5. The molecule has 0 unspecified atom stereocenters. The lowest BCUT2D eigenvalue weighted by atomic mass is 9.89. The Morgan fingerprint density at radius 3 is 2.51 bits per heavy atom. The Balaban J connectivity index is 0.872. The minimum atomic E-state index is -1.04. The van der Waals surface area contributed by atoms with Crippen LogP contribution in [0.15, 0.2) is 53.7 Å². The van der Waals surface area contributed by atoms with E-state index in [1.165, 1.54) is 12.1 Å². The van der Waals surface area contributed by atoms with Gasteiger partial charge in [-0.3, -0.25) is 29.6 Å². The monoisotopic (exact) mass is 836 g/mol. The van der Waals surface area contributed by atoms with E-state index in [4.69, 9.17) is 9.72 Å². The van der Waals surface area contributed by atoms with Crippen molar-refractivity contribution in [2.45, 2.75) is 51.5 Å². The average molecular weight is 837 g/mol. The minimum Gasteiger partial charge on any atom is -0.477 e. The van der Waals surface area contributed by atoms with E-state index in [9.17, 15) is 19.5 Å². The molecule has 61 heavy (non-hydrogen) atoms. The molecule has 0 radical (unpaired) electrons. The van der Waals surface area contributed by atoms with Gasteiger partial charge in [-0.25, -0.2) is 13.5 Å². The van der Waals surface area contributed by atoms with Crippen LogP contribution >= 0.6 is 0 Å². The first-order chi connectivity index (χ1) is 29.4. The number of hydrogen-bond donors (Lipinski definition) is 3. The van der Waals surface area contributed by atoms with Crippen LogP contribution in [0.25, 0.3) is 11.3 Å². The molecule has 3 fully saturated rings. The van der Waals surface area contributed by atoms with Crippen molar-refractivity contribution in [3.63, 3.8) is 0 Å². The van der Waals surface area contributed by atoms with Crippen molar-refractivity contribution in [2.75, 3.05) is 79.0 Å². The van der Waals surface area contributed by atoms with Crippen LogP contribution in [0.4, 0.5) is 31.5 Å². The van der Waals surface area contributed by atoms with Gasteiger partial charge in [0.05, 0.1) is 54.0 Å².